The molecule has 0 aromatic carbocycles. The fourth-order valence-corrected chi connectivity index (χ4v) is 1.78. The first-order chi connectivity index (χ1) is 7.88. The van der Waals surface area contributed by atoms with E-state index in [2.05, 4.69) is 20.6 Å². The number of aromatic nitrogens is 2. The topological polar surface area (TPSA) is 59.1 Å². The Labute approximate surface area is 95.6 Å². The lowest BCUT2D eigenvalue weighted by Gasteiger charge is -2.22. The van der Waals surface area contributed by atoms with E-state index < -0.39 is 0 Å². The molecule has 0 saturated carbocycles. The summed E-state index contributed by atoms with van der Waals surface area (Å²) in [6, 6.07) is 1.89. The van der Waals surface area contributed by atoms with Crippen LogP contribution in [0.4, 0.5) is 11.6 Å². The van der Waals surface area contributed by atoms with Crippen LogP contribution in [0.2, 0.25) is 0 Å². The maximum Gasteiger partial charge on any atom is 0.131 e. The van der Waals surface area contributed by atoms with Crippen LogP contribution in [0.15, 0.2) is 12.4 Å². The molecule has 0 spiro atoms. The average molecular weight is 222 g/mol. The Bertz CT molecular complexity index is 326. The zero-order valence-corrected chi connectivity index (χ0v) is 9.57. The van der Waals surface area contributed by atoms with E-state index in [1.54, 1.807) is 6.33 Å². The summed E-state index contributed by atoms with van der Waals surface area (Å²) in [6.07, 6.45) is 5.46. The van der Waals surface area contributed by atoms with Gasteiger partial charge in [0.15, 0.2) is 0 Å². The Morgan fingerprint density at radius 1 is 1.38 bits per heavy atom. The predicted octanol–water partition coefficient (Wildman–Crippen LogP) is 1.50. The van der Waals surface area contributed by atoms with Gasteiger partial charge in [-0.1, -0.05) is 0 Å². The SMILES string of the molecule is CNc1cc(NCC2CCCCO2)ncn1. The minimum absolute atomic E-state index is 0.321. The van der Waals surface area contributed by atoms with Crippen LogP contribution < -0.4 is 10.6 Å². The van der Waals surface area contributed by atoms with Crippen molar-refractivity contribution in [1.29, 1.82) is 0 Å². The van der Waals surface area contributed by atoms with E-state index in [-0.39, 0.29) is 0 Å². The lowest BCUT2D eigenvalue weighted by Crippen LogP contribution is -2.27. The summed E-state index contributed by atoms with van der Waals surface area (Å²) >= 11 is 0. The molecule has 1 unspecified atom stereocenters. The molecule has 1 aliphatic rings. The number of rotatable bonds is 4. The van der Waals surface area contributed by atoms with Crippen molar-refractivity contribution in [2.24, 2.45) is 0 Å². The van der Waals surface area contributed by atoms with Gasteiger partial charge < -0.3 is 15.4 Å². The van der Waals surface area contributed by atoms with Crippen molar-refractivity contribution in [3.8, 4) is 0 Å². The molecular formula is C11H18N4O. The van der Waals surface area contributed by atoms with Gasteiger partial charge in [0.25, 0.3) is 0 Å². The second kappa shape index (κ2) is 5.65. The minimum Gasteiger partial charge on any atom is -0.376 e. The molecule has 2 heterocycles. The van der Waals surface area contributed by atoms with Crippen LogP contribution in [0.3, 0.4) is 0 Å². The van der Waals surface area contributed by atoms with Crippen LogP contribution in [0.5, 0.6) is 0 Å². The Balaban J connectivity index is 1.83. The van der Waals surface area contributed by atoms with Gasteiger partial charge in [0.05, 0.1) is 6.10 Å². The molecule has 1 fully saturated rings. The molecule has 0 bridgehead atoms. The van der Waals surface area contributed by atoms with Crippen LogP contribution in [0.25, 0.3) is 0 Å². The predicted molar refractivity (Wildman–Crippen MR) is 63.7 cm³/mol. The number of hydrogen-bond acceptors (Lipinski definition) is 5. The summed E-state index contributed by atoms with van der Waals surface area (Å²) < 4.78 is 5.63. The molecule has 2 rings (SSSR count). The fourth-order valence-electron chi connectivity index (χ4n) is 1.78. The Kier molecular flexibility index (Phi) is 3.93. The van der Waals surface area contributed by atoms with E-state index in [1.807, 2.05) is 13.1 Å². The molecular weight excluding hydrogens is 204 g/mol. The zero-order valence-electron chi connectivity index (χ0n) is 9.57. The number of hydrogen-bond donors (Lipinski definition) is 2. The van der Waals surface area contributed by atoms with Gasteiger partial charge in [-0.3, -0.25) is 0 Å². The standard InChI is InChI=1S/C11H18N4O/c1-12-10-6-11(15-8-14-10)13-7-9-4-2-3-5-16-9/h6,8-9H,2-5,7H2,1H3,(H2,12,13,14,15). The summed E-state index contributed by atoms with van der Waals surface area (Å²) in [5, 5.41) is 6.26. The van der Waals surface area contributed by atoms with Gasteiger partial charge in [0.2, 0.25) is 0 Å². The number of ether oxygens (including phenoxy) is 1. The molecule has 1 aromatic rings. The van der Waals surface area contributed by atoms with Gasteiger partial charge in [0.1, 0.15) is 18.0 Å². The number of nitrogens with zero attached hydrogens (tertiary/aromatic N) is 2. The normalized spacial score (nSPS) is 20.4. The van der Waals surface area contributed by atoms with Gasteiger partial charge >= 0.3 is 0 Å². The smallest absolute Gasteiger partial charge is 0.131 e. The maximum absolute atomic E-state index is 5.63. The Hall–Kier alpha value is -1.36. The van der Waals surface area contributed by atoms with Crippen molar-refractivity contribution < 1.29 is 4.74 Å². The van der Waals surface area contributed by atoms with E-state index >= 15 is 0 Å². The molecule has 0 radical (unpaired) electrons. The summed E-state index contributed by atoms with van der Waals surface area (Å²) in [6.45, 7) is 1.71. The van der Waals surface area contributed by atoms with E-state index in [4.69, 9.17) is 4.74 Å². The second-order valence-corrected chi connectivity index (χ2v) is 3.91. The first-order valence-electron chi connectivity index (χ1n) is 5.74. The van der Waals surface area contributed by atoms with Gasteiger partial charge in [-0.05, 0) is 19.3 Å². The molecule has 5 heteroatoms. The molecule has 88 valence electrons. The highest BCUT2D eigenvalue weighted by Gasteiger charge is 2.13. The summed E-state index contributed by atoms with van der Waals surface area (Å²) in [5.41, 5.74) is 0. The molecule has 1 atom stereocenters. The third-order valence-corrected chi connectivity index (χ3v) is 2.71. The van der Waals surface area contributed by atoms with Gasteiger partial charge in [-0.25, -0.2) is 9.97 Å². The molecule has 0 aliphatic carbocycles. The Morgan fingerprint density at radius 3 is 3.00 bits per heavy atom. The van der Waals surface area contributed by atoms with Crippen molar-refractivity contribution in [3.63, 3.8) is 0 Å². The molecule has 1 saturated heterocycles. The van der Waals surface area contributed by atoms with Crippen LogP contribution in [0, 0.1) is 0 Å². The number of nitrogens with one attached hydrogen (secondary N) is 2. The maximum atomic E-state index is 5.63. The van der Waals surface area contributed by atoms with Crippen LogP contribution in [-0.4, -0.2) is 36.3 Å². The quantitative estimate of drug-likeness (QED) is 0.808. The van der Waals surface area contributed by atoms with Gasteiger partial charge in [-0.15, -0.1) is 0 Å². The van der Waals surface area contributed by atoms with Crippen molar-refractivity contribution in [2.75, 3.05) is 30.8 Å². The number of anilines is 2. The van der Waals surface area contributed by atoms with Crippen molar-refractivity contribution >= 4 is 11.6 Å². The second-order valence-electron chi connectivity index (χ2n) is 3.91. The minimum atomic E-state index is 0.321. The van der Waals surface area contributed by atoms with Crippen LogP contribution >= 0.6 is 0 Å². The summed E-state index contributed by atoms with van der Waals surface area (Å²) in [7, 11) is 1.84. The van der Waals surface area contributed by atoms with Gasteiger partial charge in [-0.2, -0.15) is 0 Å². The lowest BCUT2D eigenvalue weighted by atomic mass is 10.1. The monoisotopic (exact) mass is 222 g/mol. The lowest BCUT2D eigenvalue weighted by molar-refractivity contribution is 0.0247. The Morgan fingerprint density at radius 2 is 2.25 bits per heavy atom. The summed E-state index contributed by atoms with van der Waals surface area (Å²) in [5.74, 6) is 1.66. The third kappa shape index (κ3) is 3.06. The molecule has 2 N–H and O–H groups in total. The largest absolute Gasteiger partial charge is 0.376 e. The third-order valence-electron chi connectivity index (χ3n) is 2.71. The summed E-state index contributed by atoms with van der Waals surface area (Å²) in [4.78, 5) is 8.21. The van der Waals surface area contributed by atoms with E-state index in [9.17, 15) is 0 Å². The molecule has 5 nitrogen and oxygen atoms in total. The van der Waals surface area contributed by atoms with E-state index in [0.29, 0.717) is 6.10 Å². The zero-order chi connectivity index (χ0) is 11.2. The molecule has 1 aromatic heterocycles. The first-order valence-corrected chi connectivity index (χ1v) is 5.74. The van der Waals surface area contributed by atoms with Crippen molar-refractivity contribution in [3.05, 3.63) is 12.4 Å². The van der Waals surface area contributed by atoms with Crippen LogP contribution in [-0.2, 0) is 4.74 Å². The highest BCUT2D eigenvalue weighted by Crippen LogP contribution is 2.14. The molecule has 16 heavy (non-hydrogen) atoms. The van der Waals surface area contributed by atoms with Crippen molar-refractivity contribution in [1.82, 2.24) is 9.97 Å². The van der Waals surface area contributed by atoms with Crippen molar-refractivity contribution in [2.45, 2.75) is 25.4 Å². The fraction of sp³-hybridized carbons (Fsp3) is 0.636. The highest BCUT2D eigenvalue weighted by molar-refractivity contribution is 5.45. The van der Waals surface area contributed by atoms with E-state index in [0.717, 1.165) is 31.2 Å². The average Bonchev–Trinajstić information content (AvgIpc) is 2.38. The first kappa shape index (κ1) is 11.1. The van der Waals surface area contributed by atoms with Crippen LogP contribution in [0.1, 0.15) is 19.3 Å². The molecule has 0 amide bonds. The van der Waals surface area contributed by atoms with Gasteiger partial charge in [0, 0.05) is 26.3 Å². The highest BCUT2D eigenvalue weighted by atomic mass is 16.5. The van der Waals surface area contributed by atoms with E-state index in [1.165, 1.54) is 12.8 Å². The molecule has 1 aliphatic heterocycles.